The molecular weight excluding hydrogens is 307 g/mol. The standard InChI is InChI=1S/C15H24Cl2N4/c1-2-6-18-14-12(16)11-13(17)15(20-14)19-7-5-10-21-8-3-4-9-21/h11H,2-10H2,1H3,(H2,18,19,20). The van der Waals surface area contributed by atoms with Crippen molar-refractivity contribution in [2.75, 3.05) is 43.4 Å². The first-order chi connectivity index (χ1) is 10.2. The van der Waals surface area contributed by atoms with Gasteiger partial charge in [-0.25, -0.2) is 4.98 Å². The Morgan fingerprint density at radius 1 is 1.10 bits per heavy atom. The molecule has 2 N–H and O–H groups in total. The lowest BCUT2D eigenvalue weighted by atomic mass is 10.3. The molecule has 0 aromatic carbocycles. The Hall–Kier alpha value is -0.710. The molecule has 0 amide bonds. The Balaban J connectivity index is 1.83. The lowest BCUT2D eigenvalue weighted by Gasteiger charge is -2.15. The van der Waals surface area contributed by atoms with Gasteiger partial charge in [-0.3, -0.25) is 0 Å². The van der Waals surface area contributed by atoms with Gasteiger partial charge in [0, 0.05) is 13.1 Å². The van der Waals surface area contributed by atoms with Gasteiger partial charge in [0.1, 0.15) is 11.6 Å². The van der Waals surface area contributed by atoms with E-state index in [9.17, 15) is 0 Å². The van der Waals surface area contributed by atoms with Gasteiger partial charge in [0.05, 0.1) is 10.0 Å². The molecule has 1 aliphatic heterocycles. The minimum absolute atomic E-state index is 0.566. The minimum atomic E-state index is 0.566. The third-order valence-corrected chi connectivity index (χ3v) is 4.19. The number of aromatic nitrogens is 1. The summed E-state index contributed by atoms with van der Waals surface area (Å²) in [5.41, 5.74) is 0. The van der Waals surface area contributed by atoms with E-state index in [-0.39, 0.29) is 0 Å². The number of halogens is 2. The molecule has 0 spiro atoms. The van der Waals surface area contributed by atoms with E-state index in [4.69, 9.17) is 23.2 Å². The topological polar surface area (TPSA) is 40.2 Å². The Kier molecular flexibility index (Phi) is 6.87. The number of nitrogens with zero attached hydrogens (tertiary/aromatic N) is 2. The first-order valence-electron chi connectivity index (χ1n) is 7.77. The van der Waals surface area contributed by atoms with Crippen molar-refractivity contribution in [3.8, 4) is 0 Å². The summed E-state index contributed by atoms with van der Waals surface area (Å²) < 4.78 is 0. The highest BCUT2D eigenvalue weighted by Crippen LogP contribution is 2.29. The summed E-state index contributed by atoms with van der Waals surface area (Å²) >= 11 is 12.3. The second kappa shape index (κ2) is 8.66. The quantitative estimate of drug-likeness (QED) is 0.704. The molecule has 21 heavy (non-hydrogen) atoms. The van der Waals surface area contributed by atoms with Crippen LogP contribution in [0.5, 0.6) is 0 Å². The Morgan fingerprint density at radius 3 is 2.33 bits per heavy atom. The van der Waals surface area contributed by atoms with Crippen LogP contribution in [0.1, 0.15) is 32.6 Å². The number of anilines is 2. The maximum atomic E-state index is 6.19. The van der Waals surface area contributed by atoms with Crippen LogP contribution in [-0.2, 0) is 0 Å². The lowest BCUT2D eigenvalue weighted by Crippen LogP contribution is -2.22. The van der Waals surface area contributed by atoms with E-state index in [1.54, 1.807) is 6.07 Å². The van der Waals surface area contributed by atoms with Crippen molar-refractivity contribution < 1.29 is 0 Å². The molecule has 1 saturated heterocycles. The number of rotatable bonds is 8. The van der Waals surface area contributed by atoms with Gasteiger partial charge < -0.3 is 15.5 Å². The molecule has 118 valence electrons. The highest BCUT2D eigenvalue weighted by Gasteiger charge is 2.11. The Bertz CT molecular complexity index is 448. The fraction of sp³-hybridized carbons (Fsp3) is 0.667. The molecule has 6 heteroatoms. The second-order valence-corrected chi connectivity index (χ2v) is 6.22. The maximum absolute atomic E-state index is 6.19. The third kappa shape index (κ3) is 5.20. The van der Waals surface area contributed by atoms with Gasteiger partial charge in [-0.2, -0.15) is 0 Å². The van der Waals surface area contributed by atoms with Crippen LogP contribution >= 0.6 is 23.2 Å². The highest BCUT2D eigenvalue weighted by molar-refractivity contribution is 6.37. The normalized spacial score (nSPS) is 15.4. The van der Waals surface area contributed by atoms with Gasteiger partial charge in [-0.05, 0) is 51.4 Å². The van der Waals surface area contributed by atoms with Crippen LogP contribution in [-0.4, -0.2) is 42.6 Å². The third-order valence-electron chi connectivity index (χ3n) is 3.61. The van der Waals surface area contributed by atoms with E-state index < -0.39 is 0 Å². The van der Waals surface area contributed by atoms with Gasteiger partial charge >= 0.3 is 0 Å². The van der Waals surface area contributed by atoms with Crippen LogP contribution in [0.4, 0.5) is 11.6 Å². The molecule has 2 rings (SSSR count). The number of likely N-dealkylation sites (tertiary alicyclic amines) is 1. The van der Waals surface area contributed by atoms with E-state index >= 15 is 0 Å². The SMILES string of the molecule is CCCNc1nc(NCCCN2CCCC2)c(Cl)cc1Cl. The van der Waals surface area contributed by atoms with Crippen molar-refractivity contribution in [1.29, 1.82) is 0 Å². The summed E-state index contributed by atoms with van der Waals surface area (Å²) in [5, 5.41) is 7.67. The van der Waals surface area contributed by atoms with Crippen molar-refractivity contribution in [3.05, 3.63) is 16.1 Å². The molecule has 2 heterocycles. The van der Waals surface area contributed by atoms with E-state index in [0.29, 0.717) is 21.7 Å². The van der Waals surface area contributed by atoms with Gasteiger partial charge in [-0.1, -0.05) is 30.1 Å². The van der Waals surface area contributed by atoms with Crippen LogP contribution < -0.4 is 10.6 Å². The molecular formula is C15H24Cl2N4. The van der Waals surface area contributed by atoms with Crippen molar-refractivity contribution in [2.45, 2.75) is 32.6 Å². The van der Waals surface area contributed by atoms with E-state index in [0.717, 1.165) is 32.5 Å². The van der Waals surface area contributed by atoms with Gasteiger partial charge in [0.25, 0.3) is 0 Å². The summed E-state index contributed by atoms with van der Waals surface area (Å²) in [6, 6.07) is 1.75. The summed E-state index contributed by atoms with van der Waals surface area (Å²) in [5.74, 6) is 1.41. The van der Waals surface area contributed by atoms with Gasteiger partial charge in [0.15, 0.2) is 0 Å². The van der Waals surface area contributed by atoms with Crippen LogP contribution in [0.25, 0.3) is 0 Å². The number of hydrogen-bond acceptors (Lipinski definition) is 4. The van der Waals surface area contributed by atoms with Gasteiger partial charge in [-0.15, -0.1) is 0 Å². The molecule has 0 saturated carbocycles. The molecule has 0 bridgehead atoms. The molecule has 0 radical (unpaired) electrons. The summed E-state index contributed by atoms with van der Waals surface area (Å²) in [4.78, 5) is 6.99. The van der Waals surface area contributed by atoms with Crippen LogP contribution in [0.2, 0.25) is 10.0 Å². The van der Waals surface area contributed by atoms with Crippen LogP contribution in [0, 0.1) is 0 Å². The molecule has 1 aromatic heterocycles. The molecule has 1 fully saturated rings. The smallest absolute Gasteiger partial charge is 0.147 e. The number of nitrogens with one attached hydrogen (secondary N) is 2. The monoisotopic (exact) mass is 330 g/mol. The fourth-order valence-electron chi connectivity index (χ4n) is 2.47. The first kappa shape index (κ1) is 16.7. The minimum Gasteiger partial charge on any atom is -0.369 e. The summed E-state index contributed by atoms with van der Waals surface area (Å²) in [6.07, 6.45) is 4.80. The largest absolute Gasteiger partial charge is 0.369 e. The zero-order valence-electron chi connectivity index (χ0n) is 12.6. The molecule has 0 aliphatic carbocycles. The predicted octanol–water partition coefficient (Wildman–Crippen LogP) is 4.11. The average Bonchev–Trinajstić information content (AvgIpc) is 2.97. The summed E-state index contributed by atoms with van der Waals surface area (Å²) in [7, 11) is 0. The predicted molar refractivity (Wildman–Crippen MR) is 91.8 cm³/mol. The molecule has 1 aliphatic rings. The van der Waals surface area contributed by atoms with Crippen LogP contribution in [0.3, 0.4) is 0 Å². The zero-order chi connectivity index (χ0) is 15.1. The highest BCUT2D eigenvalue weighted by atomic mass is 35.5. The lowest BCUT2D eigenvalue weighted by molar-refractivity contribution is 0.337. The molecule has 4 nitrogen and oxygen atoms in total. The zero-order valence-corrected chi connectivity index (χ0v) is 14.1. The number of pyridine rings is 1. The van der Waals surface area contributed by atoms with E-state index in [2.05, 4.69) is 27.4 Å². The van der Waals surface area contributed by atoms with Crippen molar-refractivity contribution in [1.82, 2.24) is 9.88 Å². The molecule has 0 unspecified atom stereocenters. The molecule has 0 atom stereocenters. The van der Waals surface area contributed by atoms with Crippen molar-refractivity contribution >= 4 is 34.8 Å². The van der Waals surface area contributed by atoms with Crippen LogP contribution in [0.15, 0.2) is 6.07 Å². The average molecular weight is 331 g/mol. The Morgan fingerprint density at radius 2 is 1.71 bits per heavy atom. The second-order valence-electron chi connectivity index (χ2n) is 5.41. The van der Waals surface area contributed by atoms with E-state index in [1.807, 2.05) is 0 Å². The maximum Gasteiger partial charge on any atom is 0.147 e. The molecule has 1 aromatic rings. The summed E-state index contributed by atoms with van der Waals surface area (Å²) in [6.45, 7) is 7.45. The van der Waals surface area contributed by atoms with E-state index in [1.165, 1.54) is 25.9 Å². The van der Waals surface area contributed by atoms with Crippen molar-refractivity contribution in [2.24, 2.45) is 0 Å². The first-order valence-corrected chi connectivity index (χ1v) is 8.52. The van der Waals surface area contributed by atoms with Crippen molar-refractivity contribution in [3.63, 3.8) is 0 Å². The number of hydrogen-bond donors (Lipinski definition) is 2. The fourth-order valence-corrected chi connectivity index (χ4v) is 2.97. The van der Waals surface area contributed by atoms with Gasteiger partial charge in [0.2, 0.25) is 0 Å². The Labute approximate surface area is 137 Å².